The van der Waals surface area contributed by atoms with Gasteiger partial charge in [0.15, 0.2) is 0 Å². The average molecular weight is 446 g/mol. The van der Waals surface area contributed by atoms with Crippen molar-refractivity contribution in [3.8, 4) is 0 Å². The summed E-state index contributed by atoms with van der Waals surface area (Å²) in [7, 11) is -1.14. The second-order valence-corrected chi connectivity index (χ2v) is 10.7. The van der Waals surface area contributed by atoms with Gasteiger partial charge in [-0.15, -0.1) is 0 Å². The quantitative estimate of drug-likeness (QED) is 0.403. The van der Waals surface area contributed by atoms with Crippen LogP contribution in [0.3, 0.4) is 0 Å². The third-order valence-corrected chi connectivity index (χ3v) is 7.61. The number of hydrogen-bond donors (Lipinski definition) is 0. The summed E-state index contributed by atoms with van der Waals surface area (Å²) in [5.41, 5.74) is 4.40. The smallest absolute Gasteiger partial charge is 0.0846 e. The Hall–Kier alpha value is -1.18. The lowest BCUT2D eigenvalue weighted by Gasteiger charge is -2.24. The molecule has 0 radical (unpaired) electrons. The molecule has 3 aromatic carbocycles. The Kier molecular flexibility index (Phi) is 7.45. The van der Waals surface area contributed by atoms with Crippen LogP contribution in [0, 0.1) is 0 Å². The summed E-state index contributed by atoms with van der Waals surface area (Å²) in [4.78, 5) is 0. The van der Waals surface area contributed by atoms with Crippen LogP contribution < -0.4 is 24.0 Å². The molecule has 0 fully saturated rings. The van der Waals surface area contributed by atoms with Gasteiger partial charge in [0.2, 0.25) is 0 Å². The zero-order valence-corrected chi connectivity index (χ0v) is 17.2. The molecule has 0 nitrogen and oxygen atoms in total. The van der Waals surface area contributed by atoms with Gasteiger partial charge >= 0.3 is 0 Å². The number of halogens is 1. The van der Waals surface area contributed by atoms with Crippen molar-refractivity contribution in [2.45, 2.75) is 18.5 Å². The van der Waals surface area contributed by atoms with Crippen molar-refractivity contribution in [2.24, 2.45) is 0 Å². The van der Waals surface area contributed by atoms with Crippen molar-refractivity contribution >= 4 is 7.26 Å². The van der Waals surface area contributed by atoms with Crippen molar-refractivity contribution in [3.63, 3.8) is 0 Å². The van der Waals surface area contributed by atoms with Gasteiger partial charge in [0.1, 0.15) is 0 Å². The van der Waals surface area contributed by atoms with Crippen molar-refractivity contribution in [3.05, 3.63) is 108 Å². The molecule has 24 heavy (non-hydrogen) atoms. The van der Waals surface area contributed by atoms with Crippen LogP contribution in [0.4, 0.5) is 0 Å². The van der Waals surface area contributed by atoms with Crippen molar-refractivity contribution in [2.75, 3.05) is 6.66 Å². The van der Waals surface area contributed by atoms with E-state index in [1.807, 2.05) is 0 Å². The van der Waals surface area contributed by atoms with Crippen LogP contribution in [0.5, 0.6) is 0 Å². The molecular weight excluding hydrogens is 422 g/mol. The van der Waals surface area contributed by atoms with Crippen LogP contribution >= 0.6 is 7.26 Å². The molecular formula is C22H24IP. The molecule has 124 valence electrons. The summed E-state index contributed by atoms with van der Waals surface area (Å²) in [5.74, 6) is 0. The highest BCUT2D eigenvalue weighted by atomic mass is 127. The number of rotatable bonds is 6. The van der Waals surface area contributed by atoms with Crippen LogP contribution in [0.2, 0.25) is 0 Å². The third-order valence-electron chi connectivity index (χ3n) is 4.22. The molecule has 0 bridgehead atoms. The van der Waals surface area contributed by atoms with Crippen molar-refractivity contribution < 1.29 is 24.0 Å². The average Bonchev–Trinajstić information content (AvgIpc) is 2.57. The minimum Gasteiger partial charge on any atom is -1.00 e. The molecule has 0 amide bonds. The van der Waals surface area contributed by atoms with E-state index in [1.165, 1.54) is 35.2 Å². The van der Waals surface area contributed by atoms with Gasteiger partial charge < -0.3 is 24.0 Å². The lowest BCUT2D eigenvalue weighted by Crippen LogP contribution is -3.00. The topological polar surface area (TPSA) is 0 Å². The van der Waals surface area contributed by atoms with Gasteiger partial charge in [0.05, 0.1) is 18.5 Å². The molecule has 0 aliphatic rings. The van der Waals surface area contributed by atoms with E-state index >= 15 is 0 Å². The van der Waals surface area contributed by atoms with Gasteiger partial charge in [-0.05, 0) is 16.7 Å². The fourth-order valence-corrected chi connectivity index (χ4v) is 6.85. The molecule has 3 aromatic rings. The molecule has 0 atom stereocenters. The highest BCUT2D eigenvalue weighted by Gasteiger charge is 2.32. The molecule has 0 saturated carbocycles. The molecule has 0 aromatic heterocycles. The Balaban J connectivity index is 0.00000208. The summed E-state index contributed by atoms with van der Waals surface area (Å²) < 4.78 is 0. The molecule has 3 rings (SSSR count). The summed E-state index contributed by atoms with van der Waals surface area (Å²) in [6, 6.07) is 32.9. The minimum absolute atomic E-state index is 0. The van der Waals surface area contributed by atoms with Crippen LogP contribution in [-0.2, 0) is 18.5 Å². The maximum absolute atomic E-state index is 2.53. The zero-order valence-electron chi connectivity index (χ0n) is 14.1. The summed E-state index contributed by atoms with van der Waals surface area (Å²) >= 11 is 0. The van der Waals surface area contributed by atoms with Gasteiger partial charge in [-0.1, -0.05) is 91.0 Å². The molecule has 0 N–H and O–H groups in total. The Morgan fingerprint density at radius 2 is 0.750 bits per heavy atom. The maximum atomic E-state index is 2.53. The van der Waals surface area contributed by atoms with Crippen LogP contribution in [-0.4, -0.2) is 6.66 Å². The van der Waals surface area contributed by atoms with Gasteiger partial charge in [-0.3, -0.25) is 0 Å². The Labute approximate surface area is 163 Å². The number of benzene rings is 3. The van der Waals surface area contributed by atoms with Crippen LogP contribution in [0.15, 0.2) is 91.0 Å². The van der Waals surface area contributed by atoms with Crippen LogP contribution in [0.25, 0.3) is 0 Å². The third kappa shape index (κ3) is 5.72. The lowest BCUT2D eigenvalue weighted by molar-refractivity contribution is -0.00000489. The first-order chi connectivity index (χ1) is 11.2. The molecule has 2 heteroatoms. The van der Waals surface area contributed by atoms with E-state index in [4.69, 9.17) is 0 Å². The summed E-state index contributed by atoms with van der Waals surface area (Å²) in [6.45, 7) is 2.53. The van der Waals surface area contributed by atoms with Crippen molar-refractivity contribution in [1.29, 1.82) is 0 Å². The highest BCUT2D eigenvalue weighted by Crippen LogP contribution is 2.63. The van der Waals surface area contributed by atoms with Crippen molar-refractivity contribution in [1.82, 2.24) is 0 Å². The zero-order chi connectivity index (χ0) is 16.0. The highest BCUT2D eigenvalue weighted by molar-refractivity contribution is 7.72. The molecule has 0 spiro atoms. The molecule has 0 aliphatic heterocycles. The minimum atomic E-state index is -1.14. The van der Waals surface area contributed by atoms with E-state index in [0.717, 1.165) is 0 Å². The Morgan fingerprint density at radius 1 is 0.500 bits per heavy atom. The van der Waals surface area contributed by atoms with E-state index in [2.05, 4.69) is 97.7 Å². The Morgan fingerprint density at radius 3 is 1.00 bits per heavy atom. The predicted molar refractivity (Wildman–Crippen MR) is 103 cm³/mol. The molecule has 0 unspecified atom stereocenters. The van der Waals surface area contributed by atoms with Gasteiger partial charge in [0, 0.05) is 13.9 Å². The SMILES string of the molecule is C[P+](Cc1ccccc1)(Cc1ccccc1)Cc1ccccc1.[I-]. The standard InChI is InChI=1S/C22H24P.HI/c1-23(17-20-11-5-2-6-12-20,18-21-13-7-3-8-14-21)19-22-15-9-4-10-16-22;/h2-16H,17-19H2,1H3;1H/q+1;/p-1. The normalized spacial score (nSPS) is 10.9. The van der Waals surface area contributed by atoms with Gasteiger partial charge in [-0.2, -0.15) is 0 Å². The second-order valence-electron chi connectivity index (χ2n) is 6.55. The van der Waals surface area contributed by atoms with E-state index < -0.39 is 7.26 Å². The first kappa shape index (κ1) is 19.1. The first-order valence-electron chi connectivity index (χ1n) is 8.19. The second kappa shape index (κ2) is 9.34. The van der Waals surface area contributed by atoms with Crippen LogP contribution in [0.1, 0.15) is 16.7 Å². The largest absolute Gasteiger partial charge is 1.00 e. The lowest BCUT2D eigenvalue weighted by atomic mass is 10.2. The Bertz CT molecular complexity index is 609. The monoisotopic (exact) mass is 446 g/mol. The molecule has 0 saturated heterocycles. The molecule has 0 heterocycles. The number of hydrogen-bond acceptors (Lipinski definition) is 0. The fourth-order valence-electron chi connectivity index (χ4n) is 3.24. The van der Waals surface area contributed by atoms with E-state index in [1.54, 1.807) is 0 Å². The van der Waals surface area contributed by atoms with E-state index in [9.17, 15) is 0 Å². The predicted octanol–water partition coefficient (Wildman–Crippen LogP) is 3.24. The van der Waals surface area contributed by atoms with E-state index in [-0.39, 0.29) is 24.0 Å². The van der Waals surface area contributed by atoms with E-state index in [0.29, 0.717) is 0 Å². The summed E-state index contributed by atoms with van der Waals surface area (Å²) in [5, 5.41) is 0. The first-order valence-corrected chi connectivity index (χ1v) is 11.0. The van der Waals surface area contributed by atoms with Gasteiger partial charge in [0.25, 0.3) is 0 Å². The molecule has 0 aliphatic carbocycles. The maximum Gasteiger partial charge on any atom is 0.0846 e. The van der Waals surface area contributed by atoms with Gasteiger partial charge in [-0.25, -0.2) is 0 Å². The summed E-state index contributed by atoms with van der Waals surface area (Å²) in [6.07, 6.45) is 3.62. The fraction of sp³-hybridized carbons (Fsp3) is 0.182.